The first-order valence-electron chi connectivity index (χ1n) is 5.69. The molecule has 0 atom stereocenters. The van der Waals surface area contributed by atoms with E-state index in [2.05, 4.69) is 9.97 Å². The Balaban J connectivity index is 2.42. The van der Waals surface area contributed by atoms with Gasteiger partial charge in [-0.05, 0) is 17.7 Å². The van der Waals surface area contributed by atoms with Crippen LogP contribution < -0.4 is 5.56 Å². The standard InChI is InChI=1S/C13H13ClN2O3/c1-19-7-6-10-15-12(17)11(13(18)16-10)8-2-4-9(14)5-3-8/h2-5H,6-7H2,1H3,(H2,15,16,17,18). The molecule has 0 unspecified atom stereocenters. The lowest BCUT2D eigenvalue weighted by molar-refractivity contribution is 0.200. The molecule has 0 aliphatic heterocycles. The Morgan fingerprint density at radius 1 is 1.37 bits per heavy atom. The number of hydrogen-bond donors (Lipinski definition) is 2. The molecule has 19 heavy (non-hydrogen) atoms. The zero-order chi connectivity index (χ0) is 13.8. The highest BCUT2D eigenvalue weighted by Gasteiger charge is 2.12. The van der Waals surface area contributed by atoms with Gasteiger partial charge < -0.3 is 14.8 Å². The van der Waals surface area contributed by atoms with E-state index in [-0.39, 0.29) is 17.0 Å². The Hall–Kier alpha value is -1.85. The minimum Gasteiger partial charge on any atom is -0.493 e. The lowest BCUT2D eigenvalue weighted by Crippen LogP contribution is -2.15. The van der Waals surface area contributed by atoms with Crippen LogP contribution in [0.3, 0.4) is 0 Å². The second-order valence-electron chi connectivity index (χ2n) is 3.96. The predicted molar refractivity (Wildman–Crippen MR) is 72.5 cm³/mol. The van der Waals surface area contributed by atoms with Crippen LogP contribution in [0.5, 0.6) is 5.88 Å². The number of nitrogens with one attached hydrogen (secondary N) is 1. The van der Waals surface area contributed by atoms with Crippen LogP contribution in [0.2, 0.25) is 5.02 Å². The summed E-state index contributed by atoms with van der Waals surface area (Å²) in [6.07, 6.45) is 0.431. The van der Waals surface area contributed by atoms with Gasteiger partial charge in [-0.25, -0.2) is 0 Å². The number of hydrogen-bond acceptors (Lipinski definition) is 4. The molecular weight excluding hydrogens is 268 g/mol. The highest BCUT2D eigenvalue weighted by Crippen LogP contribution is 2.24. The number of methoxy groups -OCH3 is 1. The minimum absolute atomic E-state index is 0.137. The number of rotatable bonds is 4. The van der Waals surface area contributed by atoms with Crippen molar-refractivity contribution in [1.29, 1.82) is 0 Å². The van der Waals surface area contributed by atoms with E-state index in [0.717, 1.165) is 0 Å². The highest BCUT2D eigenvalue weighted by molar-refractivity contribution is 6.30. The van der Waals surface area contributed by atoms with E-state index in [4.69, 9.17) is 16.3 Å². The van der Waals surface area contributed by atoms with E-state index in [9.17, 15) is 9.90 Å². The zero-order valence-electron chi connectivity index (χ0n) is 10.3. The van der Waals surface area contributed by atoms with Crippen molar-refractivity contribution < 1.29 is 9.84 Å². The van der Waals surface area contributed by atoms with Crippen LogP contribution in [0.25, 0.3) is 11.1 Å². The van der Waals surface area contributed by atoms with E-state index in [1.807, 2.05) is 0 Å². The molecule has 100 valence electrons. The first kappa shape index (κ1) is 13.6. The monoisotopic (exact) mass is 280 g/mol. The second-order valence-corrected chi connectivity index (χ2v) is 4.40. The number of ether oxygens (including phenoxy) is 1. The van der Waals surface area contributed by atoms with Gasteiger partial charge in [-0.1, -0.05) is 23.7 Å². The molecule has 0 radical (unpaired) electrons. The van der Waals surface area contributed by atoms with E-state index >= 15 is 0 Å². The van der Waals surface area contributed by atoms with Gasteiger partial charge in [0.1, 0.15) is 11.4 Å². The van der Waals surface area contributed by atoms with E-state index < -0.39 is 0 Å². The SMILES string of the molecule is COCCc1nc(O)c(-c2ccc(Cl)cc2)c(=O)[nH]1. The summed E-state index contributed by atoms with van der Waals surface area (Å²) < 4.78 is 4.90. The van der Waals surface area contributed by atoms with Gasteiger partial charge in [-0.2, -0.15) is 4.98 Å². The molecule has 2 rings (SSSR count). The van der Waals surface area contributed by atoms with Gasteiger partial charge in [0.2, 0.25) is 5.88 Å². The van der Waals surface area contributed by atoms with E-state index in [0.29, 0.717) is 29.4 Å². The van der Waals surface area contributed by atoms with E-state index in [1.165, 1.54) is 0 Å². The Morgan fingerprint density at radius 3 is 2.63 bits per heavy atom. The van der Waals surface area contributed by atoms with E-state index in [1.54, 1.807) is 31.4 Å². The first-order valence-corrected chi connectivity index (χ1v) is 6.06. The number of aromatic amines is 1. The molecule has 0 aliphatic rings. The lowest BCUT2D eigenvalue weighted by atomic mass is 10.1. The molecule has 0 amide bonds. The van der Waals surface area contributed by atoms with Crippen molar-refractivity contribution in [2.24, 2.45) is 0 Å². The maximum atomic E-state index is 12.0. The summed E-state index contributed by atoms with van der Waals surface area (Å²) in [4.78, 5) is 18.6. The van der Waals surface area contributed by atoms with Crippen molar-refractivity contribution in [3.8, 4) is 17.0 Å². The van der Waals surface area contributed by atoms with Gasteiger partial charge in [-0.3, -0.25) is 4.79 Å². The van der Waals surface area contributed by atoms with Gasteiger partial charge in [0.05, 0.1) is 6.61 Å². The fourth-order valence-electron chi connectivity index (χ4n) is 1.70. The quantitative estimate of drug-likeness (QED) is 0.898. The van der Waals surface area contributed by atoms with Gasteiger partial charge in [0.15, 0.2) is 0 Å². The maximum absolute atomic E-state index is 12.0. The van der Waals surface area contributed by atoms with Crippen molar-refractivity contribution >= 4 is 11.6 Å². The normalized spacial score (nSPS) is 10.6. The Morgan fingerprint density at radius 2 is 2.05 bits per heavy atom. The number of nitrogens with zero attached hydrogens (tertiary/aromatic N) is 1. The largest absolute Gasteiger partial charge is 0.493 e. The number of H-pyrrole nitrogens is 1. The summed E-state index contributed by atoms with van der Waals surface area (Å²) in [5.74, 6) is 0.0965. The Kier molecular flexibility index (Phi) is 4.19. The minimum atomic E-state index is -0.388. The van der Waals surface area contributed by atoms with Crippen LogP contribution in [-0.4, -0.2) is 28.8 Å². The molecule has 6 heteroatoms. The molecule has 0 bridgehead atoms. The summed E-state index contributed by atoms with van der Waals surface area (Å²) in [6.45, 7) is 0.419. The van der Waals surface area contributed by atoms with Crippen molar-refractivity contribution in [2.75, 3.05) is 13.7 Å². The number of halogens is 1. The molecular formula is C13H13ClN2O3. The fraction of sp³-hybridized carbons (Fsp3) is 0.231. The summed E-state index contributed by atoms with van der Waals surface area (Å²) >= 11 is 5.78. The zero-order valence-corrected chi connectivity index (χ0v) is 11.1. The second kappa shape index (κ2) is 5.86. The van der Waals surface area contributed by atoms with Crippen molar-refractivity contribution in [2.45, 2.75) is 6.42 Å². The number of aromatic nitrogens is 2. The van der Waals surface area contributed by atoms with Crippen LogP contribution >= 0.6 is 11.6 Å². The lowest BCUT2D eigenvalue weighted by Gasteiger charge is -2.06. The first-order chi connectivity index (χ1) is 9.11. The maximum Gasteiger partial charge on any atom is 0.262 e. The average molecular weight is 281 g/mol. The average Bonchev–Trinajstić information content (AvgIpc) is 2.38. The molecule has 5 nitrogen and oxygen atoms in total. The van der Waals surface area contributed by atoms with Gasteiger partial charge >= 0.3 is 0 Å². The molecule has 1 heterocycles. The predicted octanol–water partition coefficient (Wildman–Crippen LogP) is 1.98. The molecule has 0 saturated carbocycles. The highest BCUT2D eigenvalue weighted by atomic mass is 35.5. The third-order valence-electron chi connectivity index (χ3n) is 2.63. The topological polar surface area (TPSA) is 75.2 Å². The van der Waals surface area contributed by atoms with Gasteiger partial charge in [0.25, 0.3) is 5.56 Å². The van der Waals surface area contributed by atoms with Crippen molar-refractivity contribution in [1.82, 2.24) is 9.97 Å². The summed E-state index contributed by atoms with van der Waals surface area (Å²) in [5.41, 5.74) is 0.313. The molecule has 2 N–H and O–H groups in total. The molecule has 2 aromatic rings. The summed E-state index contributed by atoms with van der Waals surface area (Å²) in [6, 6.07) is 6.61. The molecule has 1 aromatic carbocycles. The summed E-state index contributed by atoms with van der Waals surface area (Å²) in [7, 11) is 1.56. The number of benzene rings is 1. The molecule has 0 spiro atoms. The fourth-order valence-corrected chi connectivity index (χ4v) is 1.83. The van der Waals surface area contributed by atoms with Crippen molar-refractivity contribution in [3.63, 3.8) is 0 Å². The van der Waals surface area contributed by atoms with Crippen molar-refractivity contribution in [3.05, 3.63) is 45.5 Å². The number of aromatic hydroxyl groups is 1. The Labute approximate surface area is 114 Å². The van der Waals surface area contributed by atoms with Crippen LogP contribution in [-0.2, 0) is 11.2 Å². The third kappa shape index (κ3) is 3.13. The van der Waals surface area contributed by atoms with Crippen LogP contribution in [0.4, 0.5) is 0 Å². The molecule has 0 fully saturated rings. The van der Waals surface area contributed by atoms with Crippen LogP contribution in [0.15, 0.2) is 29.1 Å². The molecule has 0 aliphatic carbocycles. The van der Waals surface area contributed by atoms with Crippen LogP contribution in [0, 0.1) is 0 Å². The summed E-state index contributed by atoms with van der Waals surface area (Å²) in [5, 5.41) is 10.4. The third-order valence-corrected chi connectivity index (χ3v) is 2.88. The molecule has 0 saturated heterocycles. The van der Waals surface area contributed by atoms with Crippen LogP contribution in [0.1, 0.15) is 5.82 Å². The Bertz CT molecular complexity index is 623. The van der Waals surface area contributed by atoms with Gasteiger partial charge in [-0.15, -0.1) is 0 Å². The smallest absolute Gasteiger partial charge is 0.262 e. The van der Waals surface area contributed by atoms with Gasteiger partial charge in [0, 0.05) is 18.6 Å². The molecule has 1 aromatic heterocycles.